The second-order valence-corrected chi connectivity index (χ2v) is 4.70. The molecule has 2 rings (SSSR count). The summed E-state index contributed by atoms with van der Waals surface area (Å²) in [6.45, 7) is 1.88. The summed E-state index contributed by atoms with van der Waals surface area (Å²) in [5.74, 6) is -0.375. The number of nitrogens with one attached hydrogen (secondary N) is 2. The minimum Gasteiger partial charge on any atom is -0.497 e. The minimum absolute atomic E-state index is 0.303. The molecule has 0 atom stereocenters. The van der Waals surface area contributed by atoms with Crippen LogP contribution < -0.4 is 20.1 Å². The summed E-state index contributed by atoms with van der Waals surface area (Å²) in [6.07, 6.45) is 1.60. The zero-order chi connectivity index (χ0) is 16.8. The molecule has 1 aromatic heterocycles. The molecule has 0 unspecified atom stereocenters. The van der Waals surface area contributed by atoms with E-state index in [2.05, 4.69) is 15.6 Å². The summed E-state index contributed by atoms with van der Waals surface area (Å²) >= 11 is 0. The average Bonchev–Trinajstić information content (AvgIpc) is 2.57. The Balaban J connectivity index is 2.06. The number of anilines is 2. The SMILES string of the molecule is COc1ccc(NC(=O)C(=O)Nc2ccc(C)cn2)c(OC)c1. The standard InChI is InChI=1S/C16H17N3O4/c1-10-4-7-14(17-9-10)19-16(21)15(20)18-12-6-5-11(22-2)8-13(12)23-3/h4-9H,1-3H3,(H,18,20)(H,17,19,21). The number of ether oxygens (including phenoxy) is 2. The molecule has 0 aliphatic carbocycles. The van der Waals surface area contributed by atoms with Crippen LogP contribution in [0.4, 0.5) is 11.5 Å². The van der Waals surface area contributed by atoms with Gasteiger partial charge in [-0.15, -0.1) is 0 Å². The summed E-state index contributed by atoms with van der Waals surface area (Å²) in [4.78, 5) is 27.9. The number of carbonyl (C=O) groups excluding carboxylic acids is 2. The van der Waals surface area contributed by atoms with Crippen LogP contribution in [0.3, 0.4) is 0 Å². The molecule has 0 fully saturated rings. The van der Waals surface area contributed by atoms with E-state index in [1.165, 1.54) is 14.2 Å². The Bertz CT molecular complexity index is 714. The van der Waals surface area contributed by atoms with Crippen LogP contribution in [0.15, 0.2) is 36.5 Å². The fraction of sp³-hybridized carbons (Fsp3) is 0.188. The molecule has 2 amide bonds. The van der Waals surface area contributed by atoms with Crippen molar-refractivity contribution in [3.05, 3.63) is 42.1 Å². The summed E-state index contributed by atoms with van der Waals surface area (Å²) in [5, 5.41) is 4.91. The van der Waals surface area contributed by atoms with Crippen LogP contribution in [-0.2, 0) is 9.59 Å². The van der Waals surface area contributed by atoms with Crippen LogP contribution in [-0.4, -0.2) is 31.0 Å². The van der Waals surface area contributed by atoms with Gasteiger partial charge in [-0.2, -0.15) is 0 Å². The van der Waals surface area contributed by atoms with Gasteiger partial charge in [0.1, 0.15) is 17.3 Å². The lowest BCUT2D eigenvalue weighted by molar-refractivity contribution is -0.133. The van der Waals surface area contributed by atoms with Crippen LogP contribution in [0, 0.1) is 6.92 Å². The molecule has 7 nitrogen and oxygen atoms in total. The summed E-state index contributed by atoms with van der Waals surface area (Å²) < 4.78 is 10.2. The third kappa shape index (κ3) is 4.19. The fourth-order valence-electron chi connectivity index (χ4n) is 1.80. The van der Waals surface area contributed by atoms with Crippen molar-refractivity contribution < 1.29 is 19.1 Å². The van der Waals surface area contributed by atoms with Crippen molar-refractivity contribution >= 4 is 23.3 Å². The van der Waals surface area contributed by atoms with Gasteiger partial charge in [0.15, 0.2) is 0 Å². The van der Waals surface area contributed by atoms with Gasteiger partial charge < -0.3 is 20.1 Å². The van der Waals surface area contributed by atoms with Crippen molar-refractivity contribution in [1.82, 2.24) is 4.98 Å². The van der Waals surface area contributed by atoms with Crippen LogP contribution >= 0.6 is 0 Å². The number of hydrogen-bond acceptors (Lipinski definition) is 5. The lowest BCUT2D eigenvalue weighted by Gasteiger charge is -2.11. The maximum atomic E-state index is 12.0. The molecule has 0 aliphatic rings. The molecule has 23 heavy (non-hydrogen) atoms. The quantitative estimate of drug-likeness (QED) is 0.842. The van der Waals surface area contributed by atoms with E-state index in [-0.39, 0.29) is 0 Å². The first kappa shape index (κ1) is 16.3. The molecule has 0 saturated heterocycles. The number of rotatable bonds is 4. The molecule has 120 valence electrons. The summed E-state index contributed by atoms with van der Waals surface area (Å²) in [6, 6.07) is 8.25. The Morgan fingerprint density at radius 1 is 1.00 bits per heavy atom. The Kier molecular flexibility index (Phi) is 5.14. The van der Waals surface area contributed by atoms with Gasteiger partial charge in [-0.25, -0.2) is 4.98 Å². The van der Waals surface area contributed by atoms with Gasteiger partial charge in [0.2, 0.25) is 0 Å². The molecule has 1 heterocycles. The van der Waals surface area contributed by atoms with E-state index in [4.69, 9.17) is 9.47 Å². The highest BCUT2D eigenvalue weighted by Crippen LogP contribution is 2.28. The Morgan fingerprint density at radius 3 is 2.35 bits per heavy atom. The van der Waals surface area contributed by atoms with Gasteiger partial charge >= 0.3 is 11.8 Å². The Hall–Kier alpha value is -3.09. The van der Waals surface area contributed by atoms with E-state index >= 15 is 0 Å². The first-order valence-electron chi connectivity index (χ1n) is 6.80. The molecule has 0 saturated carbocycles. The van der Waals surface area contributed by atoms with Gasteiger partial charge in [0.05, 0.1) is 19.9 Å². The largest absolute Gasteiger partial charge is 0.497 e. The van der Waals surface area contributed by atoms with E-state index in [9.17, 15) is 9.59 Å². The topological polar surface area (TPSA) is 89.5 Å². The normalized spacial score (nSPS) is 9.87. The zero-order valence-corrected chi connectivity index (χ0v) is 13.0. The number of pyridine rings is 1. The zero-order valence-electron chi connectivity index (χ0n) is 13.0. The predicted molar refractivity (Wildman–Crippen MR) is 85.8 cm³/mol. The maximum absolute atomic E-state index is 12.0. The van der Waals surface area contributed by atoms with Crippen LogP contribution in [0.5, 0.6) is 11.5 Å². The van der Waals surface area contributed by atoms with Gasteiger partial charge in [0, 0.05) is 12.3 Å². The molecule has 0 bridgehead atoms. The second kappa shape index (κ2) is 7.26. The Morgan fingerprint density at radius 2 is 1.74 bits per heavy atom. The number of amides is 2. The Labute approximate surface area is 133 Å². The van der Waals surface area contributed by atoms with Crippen molar-refractivity contribution in [2.75, 3.05) is 24.9 Å². The maximum Gasteiger partial charge on any atom is 0.315 e. The lowest BCUT2D eigenvalue weighted by Crippen LogP contribution is -2.29. The highest BCUT2D eigenvalue weighted by atomic mass is 16.5. The number of aromatic nitrogens is 1. The molecule has 2 N–H and O–H groups in total. The lowest BCUT2D eigenvalue weighted by atomic mass is 10.2. The molecule has 7 heteroatoms. The molecule has 2 aromatic rings. The van der Waals surface area contributed by atoms with Crippen LogP contribution in [0.2, 0.25) is 0 Å². The van der Waals surface area contributed by atoms with Crippen molar-refractivity contribution in [2.24, 2.45) is 0 Å². The van der Waals surface area contributed by atoms with E-state index < -0.39 is 11.8 Å². The van der Waals surface area contributed by atoms with Crippen molar-refractivity contribution in [3.8, 4) is 11.5 Å². The number of methoxy groups -OCH3 is 2. The minimum atomic E-state index is -0.823. The number of nitrogens with zero attached hydrogens (tertiary/aromatic N) is 1. The van der Waals surface area contributed by atoms with Gasteiger partial charge in [-0.1, -0.05) is 6.07 Å². The number of benzene rings is 1. The molecular formula is C16H17N3O4. The third-order valence-electron chi connectivity index (χ3n) is 3.02. The monoisotopic (exact) mass is 315 g/mol. The fourth-order valence-corrected chi connectivity index (χ4v) is 1.80. The van der Waals surface area contributed by atoms with E-state index in [1.807, 2.05) is 6.92 Å². The third-order valence-corrected chi connectivity index (χ3v) is 3.02. The first-order chi connectivity index (χ1) is 11.0. The number of hydrogen-bond donors (Lipinski definition) is 2. The van der Waals surface area contributed by atoms with Crippen molar-refractivity contribution in [3.63, 3.8) is 0 Å². The highest BCUT2D eigenvalue weighted by Gasteiger charge is 2.16. The van der Waals surface area contributed by atoms with Crippen LogP contribution in [0.1, 0.15) is 5.56 Å². The van der Waals surface area contributed by atoms with Crippen molar-refractivity contribution in [1.29, 1.82) is 0 Å². The summed E-state index contributed by atoms with van der Waals surface area (Å²) in [5.41, 5.74) is 1.32. The first-order valence-corrected chi connectivity index (χ1v) is 6.80. The van der Waals surface area contributed by atoms with E-state index in [0.717, 1.165) is 5.56 Å². The van der Waals surface area contributed by atoms with E-state index in [0.29, 0.717) is 23.0 Å². The molecule has 0 radical (unpaired) electrons. The van der Waals surface area contributed by atoms with Crippen LogP contribution in [0.25, 0.3) is 0 Å². The van der Waals surface area contributed by atoms with Gasteiger partial charge in [0.25, 0.3) is 0 Å². The summed E-state index contributed by atoms with van der Waals surface area (Å²) in [7, 11) is 2.98. The highest BCUT2D eigenvalue weighted by molar-refractivity contribution is 6.43. The number of carbonyl (C=O) groups is 2. The van der Waals surface area contributed by atoms with Gasteiger partial charge in [-0.3, -0.25) is 9.59 Å². The smallest absolute Gasteiger partial charge is 0.315 e. The molecule has 0 spiro atoms. The predicted octanol–water partition coefficient (Wildman–Crippen LogP) is 1.98. The molecule has 0 aliphatic heterocycles. The second-order valence-electron chi connectivity index (χ2n) is 4.70. The van der Waals surface area contributed by atoms with E-state index in [1.54, 1.807) is 36.5 Å². The average molecular weight is 315 g/mol. The molecular weight excluding hydrogens is 298 g/mol. The van der Waals surface area contributed by atoms with Crippen molar-refractivity contribution in [2.45, 2.75) is 6.92 Å². The molecule has 1 aromatic carbocycles. The van der Waals surface area contributed by atoms with Gasteiger partial charge in [-0.05, 0) is 30.7 Å². The number of aryl methyl sites for hydroxylation is 1.